The highest BCUT2D eigenvalue weighted by Crippen LogP contribution is 2.53. The van der Waals surface area contributed by atoms with Crippen LogP contribution in [0.25, 0.3) is 0 Å². The summed E-state index contributed by atoms with van der Waals surface area (Å²) < 4.78 is 12.1. The number of hydrogen-bond acceptors (Lipinski definition) is 4. The zero-order valence-corrected chi connectivity index (χ0v) is 21.8. The number of carbonyl (C=O) groups is 2. The van der Waals surface area contributed by atoms with E-state index in [4.69, 9.17) is 9.16 Å². The van der Waals surface area contributed by atoms with Gasteiger partial charge in [0.05, 0.1) is 23.7 Å². The molecule has 0 aliphatic heterocycles. The lowest BCUT2D eigenvalue weighted by Crippen LogP contribution is -2.44. The molecule has 5 heteroatoms. The van der Waals surface area contributed by atoms with Gasteiger partial charge in [-0.2, -0.15) is 0 Å². The van der Waals surface area contributed by atoms with Gasteiger partial charge in [0.15, 0.2) is 14.1 Å². The summed E-state index contributed by atoms with van der Waals surface area (Å²) in [5.74, 6) is -0.161. The van der Waals surface area contributed by atoms with Crippen LogP contribution < -0.4 is 0 Å². The number of fused-ring (bicyclic) bond motifs is 2. The van der Waals surface area contributed by atoms with Crippen LogP contribution in [0.3, 0.4) is 0 Å². The lowest BCUT2D eigenvalue weighted by molar-refractivity contribution is -0.139. The summed E-state index contributed by atoms with van der Waals surface area (Å²) in [5, 5.41) is 0.114. The van der Waals surface area contributed by atoms with Gasteiger partial charge in [-0.1, -0.05) is 58.4 Å². The third kappa shape index (κ3) is 4.16. The standard InChI is InChI=1S/C26H40O4Si/c1-10-29-24(28)21-16(2)11-12-20-17(3)13-18-14-19(30-31(8,9)25(4,5)6)15-26(18,7)23(27)22(20)21/h11-12,14,16-17,19-20H,10,13,15H2,1-9H3/t16-,17-,19-,20+,26-/m0/s1. The fraction of sp³-hybridized carbons (Fsp3) is 0.692. The Morgan fingerprint density at radius 2 is 1.87 bits per heavy atom. The Bertz CT molecular complexity index is 857. The summed E-state index contributed by atoms with van der Waals surface area (Å²) in [4.78, 5) is 27.0. The molecule has 0 aromatic carbocycles. The Hall–Kier alpha value is -1.46. The predicted octanol–water partition coefficient (Wildman–Crippen LogP) is 6.00. The van der Waals surface area contributed by atoms with E-state index in [1.807, 2.05) is 13.8 Å². The number of carbonyl (C=O) groups excluding carboxylic acids is 2. The first-order chi connectivity index (χ1) is 14.2. The Morgan fingerprint density at radius 3 is 2.45 bits per heavy atom. The summed E-state index contributed by atoms with van der Waals surface area (Å²) in [5.41, 5.74) is 1.80. The first-order valence-electron chi connectivity index (χ1n) is 11.8. The van der Waals surface area contributed by atoms with Crippen LogP contribution in [-0.2, 0) is 18.8 Å². The van der Waals surface area contributed by atoms with Crippen molar-refractivity contribution in [2.45, 2.75) is 85.5 Å². The molecule has 0 unspecified atom stereocenters. The van der Waals surface area contributed by atoms with E-state index in [1.165, 1.54) is 5.57 Å². The van der Waals surface area contributed by atoms with Gasteiger partial charge in [-0.3, -0.25) is 4.79 Å². The highest BCUT2D eigenvalue weighted by Gasteiger charge is 2.52. The number of ether oxygens (including phenoxy) is 1. The summed E-state index contributed by atoms with van der Waals surface area (Å²) >= 11 is 0. The average Bonchev–Trinajstić information content (AvgIpc) is 2.91. The van der Waals surface area contributed by atoms with Gasteiger partial charge >= 0.3 is 5.97 Å². The molecule has 1 saturated carbocycles. The Labute approximate surface area is 189 Å². The van der Waals surface area contributed by atoms with Crippen molar-refractivity contribution in [3.63, 3.8) is 0 Å². The minimum atomic E-state index is -1.96. The molecule has 1 fully saturated rings. The van der Waals surface area contributed by atoms with E-state index in [-0.39, 0.29) is 40.6 Å². The van der Waals surface area contributed by atoms with Gasteiger partial charge in [-0.25, -0.2) is 4.79 Å². The molecule has 0 N–H and O–H groups in total. The monoisotopic (exact) mass is 444 g/mol. The molecule has 0 saturated heterocycles. The minimum absolute atomic E-state index is 0.0359. The topological polar surface area (TPSA) is 52.6 Å². The van der Waals surface area contributed by atoms with Crippen molar-refractivity contribution in [3.8, 4) is 0 Å². The van der Waals surface area contributed by atoms with Crippen LogP contribution in [0, 0.1) is 23.2 Å². The summed E-state index contributed by atoms with van der Waals surface area (Å²) in [7, 11) is -1.96. The molecule has 3 rings (SSSR count). The number of hydrogen-bond donors (Lipinski definition) is 0. The van der Waals surface area contributed by atoms with E-state index in [9.17, 15) is 9.59 Å². The maximum atomic E-state index is 14.1. The quantitative estimate of drug-likeness (QED) is 0.303. The number of esters is 1. The van der Waals surface area contributed by atoms with Crippen LogP contribution >= 0.6 is 0 Å². The van der Waals surface area contributed by atoms with Crippen LogP contribution in [0.4, 0.5) is 0 Å². The van der Waals surface area contributed by atoms with Crippen LogP contribution in [-0.4, -0.2) is 32.8 Å². The maximum absolute atomic E-state index is 14.1. The second-order valence-corrected chi connectivity index (χ2v) is 16.2. The molecule has 0 aromatic rings. The fourth-order valence-corrected chi connectivity index (χ4v) is 6.35. The first kappa shape index (κ1) is 24.2. The van der Waals surface area contributed by atoms with Crippen LogP contribution in [0.15, 0.2) is 34.9 Å². The summed E-state index contributed by atoms with van der Waals surface area (Å²) in [6.07, 6.45) is 7.89. The van der Waals surface area contributed by atoms with Crippen molar-refractivity contribution >= 4 is 20.1 Å². The summed E-state index contributed by atoms with van der Waals surface area (Å²) in [6, 6.07) is 0. The average molecular weight is 445 g/mol. The lowest BCUT2D eigenvalue weighted by Gasteiger charge is -2.39. The largest absolute Gasteiger partial charge is 0.463 e. The molecule has 3 aliphatic rings. The number of ketones is 1. The van der Waals surface area contributed by atoms with E-state index < -0.39 is 13.7 Å². The zero-order chi connectivity index (χ0) is 23.4. The number of allylic oxidation sites excluding steroid dienone is 4. The van der Waals surface area contributed by atoms with Gasteiger partial charge < -0.3 is 9.16 Å². The molecule has 3 aliphatic carbocycles. The van der Waals surface area contributed by atoms with E-state index in [0.29, 0.717) is 24.2 Å². The van der Waals surface area contributed by atoms with E-state index in [1.54, 1.807) is 0 Å². The Morgan fingerprint density at radius 1 is 1.23 bits per heavy atom. The molecule has 4 nitrogen and oxygen atoms in total. The fourth-order valence-electron chi connectivity index (χ4n) is 5.09. The molecule has 0 bridgehead atoms. The molecule has 0 radical (unpaired) electrons. The molecule has 31 heavy (non-hydrogen) atoms. The third-order valence-corrected chi connectivity index (χ3v) is 12.5. The van der Waals surface area contributed by atoms with Crippen molar-refractivity contribution in [2.24, 2.45) is 23.2 Å². The smallest absolute Gasteiger partial charge is 0.335 e. The summed E-state index contributed by atoms with van der Waals surface area (Å²) in [6.45, 7) is 19.6. The van der Waals surface area contributed by atoms with E-state index in [2.05, 4.69) is 65.9 Å². The molecule has 172 valence electrons. The molecule has 0 aromatic heterocycles. The van der Waals surface area contributed by atoms with Gasteiger partial charge in [0, 0.05) is 17.4 Å². The second kappa shape index (κ2) is 8.15. The van der Waals surface area contributed by atoms with Crippen molar-refractivity contribution < 1.29 is 18.8 Å². The minimum Gasteiger partial charge on any atom is -0.463 e. The van der Waals surface area contributed by atoms with Crippen molar-refractivity contribution in [1.29, 1.82) is 0 Å². The number of Topliss-reactive ketones (excluding diaryl/α,β-unsaturated/α-hetero) is 1. The highest BCUT2D eigenvalue weighted by molar-refractivity contribution is 6.74. The lowest BCUT2D eigenvalue weighted by atomic mass is 9.71. The second-order valence-electron chi connectivity index (χ2n) is 11.4. The predicted molar refractivity (Wildman–Crippen MR) is 127 cm³/mol. The Balaban J connectivity index is 2.04. The van der Waals surface area contributed by atoms with Crippen molar-refractivity contribution in [2.75, 3.05) is 6.61 Å². The molecule has 5 atom stereocenters. The van der Waals surface area contributed by atoms with Crippen LogP contribution in [0.2, 0.25) is 18.1 Å². The van der Waals surface area contributed by atoms with Crippen molar-refractivity contribution in [1.82, 2.24) is 0 Å². The van der Waals surface area contributed by atoms with Gasteiger partial charge in [0.2, 0.25) is 0 Å². The van der Waals surface area contributed by atoms with Gasteiger partial charge in [-0.15, -0.1) is 0 Å². The molecule has 0 heterocycles. The molecule has 0 spiro atoms. The van der Waals surface area contributed by atoms with Gasteiger partial charge in [0.1, 0.15) is 0 Å². The van der Waals surface area contributed by atoms with Gasteiger partial charge in [0.25, 0.3) is 0 Å². The van der Waals surface area contributed by atoms with Crippen molar-refractivity contribution in [3.05, 3.63) is 34.9 Å². The zero-order valence-electron chi connectivity index (χ0n) is 20.8. The molecular formula is C26H40O4Si. The normalized spacial score (nSPS) is 33.6. The molecule has 0 amide bonds. The van der Waals surface area contributed by atoms with Gasteiger partial charge in [-0.05, 0) is 50.7 Å². The first-order valence-corrected chi connectivity index (χ1v) is 14.7. The van der Waals surface area contributed by atoms with E-state index >= 15 is 0 Å². The SMILES string of the molecule is CCOC(=O)C1=C2C(=O)[C@@]3(C)C[C@@H](O[Si](C)(C)C(C)(C)C)C=C3C[C@H](C)[C@H]2C=C[C@@H]1C. The van der Waals surface area contributed by atoms with Crippen LogP contribution in [0.5, 0.6) is 0 Å². The van der Waals surface area contributed by atoms with Crippen LogP contribution in [0.1, 0.15) is 61.3 Å². The third-order valence-electron chi connectivity index (χ3n) is 8.04. The number of rotatable bonds is 4. The maximum Gasteiger partial charge on any atom is 0.335 e. The highest BCUT2D eigenvalue weighted by atomic mass is 28.4. The van der Waals surface area contributed by atoms with E-state index in [0.717, 1.165) is 6.42 Å². The molecular weight excluding hydrogens is 404 g/mol. The Kier molecular flexibility index (Phi) is 6.36.